The number of rotatable bonds is 5. The van der Waals surface area contributed by atoms with E-state index in [1.165, 1.54) is 6.07 Å². The molecule has 0 bridgehead atoms. The monoisotopic (exact) mass is 394 g/mol. The highest BCUT2D eigenvalue weighted by Gasteiger charge is 2.34. The van der Waals surface area contributed by atoms with Crippen LogP contribution in [0.3, 0.4) is 0 Å². The van der Waals surface area contributed by atoms with Gasteiger partial charge in [0.15, 0.2) is 11.6 Å². The molecule has 26 heavy (non-hydrogen) atoms. The Bertz CT molecular complexity index is 799. The SMILES string of the molecule is O=C(NCCOc1ccc(F)cc1F)Nc1ccc(Cl)cc1C(F)(F)F. The van der Waals surface area contributed by atoms with E-state index in [1.54, 1.807) is 0 Å². The Morgan fingerprint density at radius 3 is 2.50 bits per heavy atom. The molecule has 0 fully saturated rings. The standard InChI is InChI=1S/C16H12ClF5N2O2/c17-9-1-3-13(11(7-9)16(20,21)22)24-15(25)23-5-6-26-14-4-2-10(18)8-12(14)19/h1-4,7-8H,5-6H2,(H2,23,24,25). The molecule has 0 aromatic heterocycles. The third-order valence-corrected chi connectivity index (χ3v) is 3.31. The van der Waals surface area contributed by atoms with Crippen LogP contribution in [-0.4, -0.2) is 19.2 Å². The zero-order valence-corrected chi connectivity index (χ0v) is 13.7. The lowest BCUT2D eigenvalue weighted by molar-refractivity contribution is -0.136. The quantitative estimate of drug-likeness (QED) is 0.563. The van der Waals surface area contributed by atoms with Gasteiger partial charge in [-0.3, -0.25) is 0 Å². The lowest BCUT2D eigenvalue weighted by atomic mass is 10.1. The molecule has 0 radical (unpaired) electrons. The van der Waals surface area contributed by atoms with Crippen LogP contribution < -0.4 is 15.4 Å². The number of carbonyl (C=O) groups excluding carboxylic acids is 1. The molecule has 0 aliphatic heterocycles. The molecular formula is C16H12ClF5N2O2. The molecule has 0 saturated carbocycles. The maximum absolute atomic E-state index is 13.3. The number of halogens is 6. The maximum atomic E-state index is 13.3. The molecule has 2 aromatic rings. The molecule has 0 saturated heterocycles. The average molecular weight is 395 g/mol. The van der Waals surface area contributed by atoms with E-state index >= 15 is 0 Å². The van der Waals surface area contributed by atoms with E-state index < -0.39 is 35.1 Å². The highest BCUT2D eigenvalue weighted by molar-refractivity contribution is 6.30. The van der Waals surface area contributed by atoms with Crippen LogP contribution in [0.1, 0.15) is 5.56 Å². The number of benzene rings is 2. The van der Waals surface area contributed by atoms with Crippen molar-refractivity contribution in [3.8, 4) is 5.75 Å². The number of ether oxygens (including phenoxy) is 1. The fourth-order valence-corrected chi connectivity index (χ4v) is 2.12. The van der Waals surface area contributed by atoms with E-state index in [9.17, 15) is 26.7 Å². The Morgan fingerprint density at radius 1 is 1.12 bits per heavy atom. The van der Waals surface area contributed by atoms with Crippen LogP contribution in [0.5, 0.6) is 5.75 Å². The van der Waals surface area contributed by atoms with Gasteiger partial charge in [0, 0.05) is 11.1 Å². The van der Waals surface area contributed by atoms with Crippen LogP contribution in [0.4, 0.5) is 32.4 Å². The summed E-state index contributed by atoms with van der Waals surface area (Å²) in [5, 5.41) is 4.18. The van der Waals surface area contributed by atoms with Crippen molar-refractivity contribution >= 4 is 23.3 Å². The molecule has 2 amide bonds. The summed E-state index contributed by atoms with van der Waals surface area (Å²) in [6.45, 7) is -0.305. The Balaban J connectivity index is 1.88. The van der Waals surface area contributed by atoms with E-state index in [0.29, 0.717) is 12.1 Å². The topological polar surface area (TPSA) is 50.4 Å². The number of nitrogens with one attached hydrogen (secondary N) is 2. The smallest absolute Gasteiger partial charge is 0.418 e. The van der Waals surface area contributed by atoms with Gasteiger partial charge in [-0.25, -0.2) is 13.6 Å². The second-order valence-electron chi connectivity index (χ2n) is 4.99. The van der Waals surface area contributed by atoms with Crippen molar-refractivity contribution in [1.29, 1.82) is 0 Å². The molecule has 0 aliphatic carbocycles. The van der Waals surface area contributed by atoms with Gasteiger partial charge in [-0.2, -0.15) is 13.2 Å². The van der Waals surface area contributed by atoms with Crippen molar-refractivity contribution < 1.29 is 31.5 Å². The van der Waals surface area contributed by atoms with E-state index in [-0.39, 0.29) is 23.9 Å². The van der Waals surface area contributed by atoms with E-state index in [4.69, 9.17) is 16.3 Å². The molecule has 0 heterocycles. The van der Waals surface area contributed by atoms with Crippen molar-refractivity contribution in [2.24, 2.45) is 0 Å². The van der Waals surface area contributed by atoms with Gasteiger partial charge in [0.2, 0.25) is 0 Å². The van der Waals surface area contributed by atoms with Crippen LogP contribution >= 0.6 is 11.6 Å². The van der Waals surface area contributed by atoms with Crippen molar-refractivity contribution in [3.63, 3.8) is 0 Å². The van der Waals surface area contributed by atoms with Crippen LogP contribution in [0.25, 0.3) is 0 Å². The Kier molecular flexibility index (Phi) is 6.25. The number of hydrogen-bond donors (Lipinski definition) is 2. The molecule has 0 atom stereocenters. The molecule has 2 aromatic carbocycles. The molecular weight excluding hydrogens is 383 g/mol. The molecule has 2 N–H and O–H groups in total. The highest BCUT2D eigenvalue weighted by atomic mass is 35.5. The van der Waals surface area contributed by atoms with E-state index in [2.05, 4.69) is 10.6 Å². The minimum Gasteiger partial charge on any atom is -0.489 e. The van der Waals surface area contributed by atoms with Gasteiger partial charge in [0.1, 0.15) is 12.4 Å². The predicted octanol–water partition coefficient (Wildman–Crippen LogP) is 4.84. The van der Waals surface area contributed by atoms with Crippen LogP contribution in [0.15, 0.2) is 36.4 Å². The van der Waals surface area contributed by atoms with E-state index in [1.807, 2.05) is 0 Å². The van der Waals surface area contributed by atoms with Crippen LogP contribution in [0, 0.1) is 11.6 Å². The first-order valence-electron chi connectivity index (χ1n) is 7.16. The van der Waals surface area contributed by atoms with Crippen molar-refractivity contribution in [2.45, 2.75) is 6.18 Å². The number of urea groups is 1. The normalized spacial score (nSPS) is 11.2. The highest BCUT2D eigenvalue weighted by Crippen LogP contribution is 2.36. The zero-order valence-electron chi connectivity index (χ0n) is 13.0. The summed E-state index contributed by atoms with van der Waals surface area (Å²) in [5.74, 6) is -1.90. The summed E-state index contributed by atoms with van der Waals surface area (Å²) in [6.07, 6.45) is -4.70. The first-order chi connectivity index (χ1) is 12.2. The van der Waals surface area contributed by atoms with Crippen LogP contribution in [-0.2, 0) is 6.18 Å². The summed E-state index contributed by atoms with van der Waals surface area (Å²) < 4.78 is 69.9. The maximum Gasteiger partial charge on any atom is 0.418 e. The Hall–Kier alpha value is -2.55. The molecule has 0 aliphatic rings. The minimum atomic E-state index is -4.70. The molecule has 10 heteroatoms. The zero-order chi connectivity index (χ0) is 19.3. The number of anilines is 1. The summed E-state index contributed by atoms with van der Waals surface area (Å²) >= 11 is 5.54. The van der Waals surface area contributed by atoms with Gasteiger partial charge in [-0.1, -0.05) is 11.6 Å². The summed E-state index contributed by atoms with van der Waals surface area (Å²) in [7, 11) is 0. The number of hydrogen-bond acceptors (Lipinski definition) is 2. The van der Waals surface area contributed by atoms with Gasteiger partial charge in [0.05, 0.1) is 17.8 Å². The summed E-state index contributed by atoms with van der Waals surface area (Å²) in [4.78, 5) is 11.7. The first-order valence-corrected chi connectivity index (χ1v) is 7.54. The largest absolute Gasteiger partial charge is 0.489 e. The number of amides is 2. The van der Waals surface area contributed by atoms with Gasteiger partial charge in [-0.15, -0.1) is 0 Å². The summed E-state index contributed by atoms with van der Waals surface area (Å²) in [6, 6.07) is 4.71. The number of carbonyl (C=O) groups is 1. The van der Waals surface area contributed by atoms with Gasteiger partial charge in [-0.05, 0) is 30.3 Å². The molecule has 2 rings (SSSR count). The lowest BCUT2D eigenvalue weighted by Gasteiger charge is -2.15. The third-order valence-electron chi connectivity index (χ3n) is 3.07. The molecule has 0 spiro atoms. The molecule has 0 unspecified atom stereocenters. The molecule has 140 valence electrons. The Labute approximate surface area is 149 Å². The third kappa shape index (κ3) is 5.48. The summed E-state index contributed by atoms with van der Waals surface area (Å²) in [5.41, 5.74) is -1.56. The van der Waals surface area contributed by atoms with Crippen LogP contribution in [0.2, 0.25) is 5.02 Å². The minimum absolute atomic E-state index is 0.127. The predicted molar refractivity (Wildman–Crippen MR) is 85.3 cm³/mol. The van der Waals surface area contributed by atoms with Crippen molar-refractivity contribution in [1.82, 2.24) is 5.32 Å². The van der Waals surface area contributed by atoms with Crippen molar-refractivity contribution in [2.75, 3.05) is 18.5 Å². The van der Waals surface area contributed by atoms with Gasteiger partial charge < -0.3 is 15.4 Å². The van der Waals surface area contributed by atoms with Gasteiger partial charge in [0.25, 0.3) is 0 Å². The molecule has 4 nitrogen and oxygen atoms in total. The lowest BCUT2D eigenvalue weighted by Crippen LogP contribution is -2.32. The second-order valence-corrected chi connectivity index (χ2v) is 5.43. The average Bonchev–Trinajstić information content (AvgIpc) is 2.54. The number of alkyl halides is 3. The fourth-order valence-electron chi connectivity index (χ4n) is 1.94. The Morgan fingerprint density at radius 2 is 1.85 bits per heavy atom. The van der Waals surface area contributed by atoms with Crippen molar-refractivity contribution in [3.05, 3.63) is 58.6 Å². The first kappa shape index (κ1) is 19.8. The fraction of sp³-hybridized carbons (Fsp3) is 0.188. The van der Waals surface area contributed by atoms with E-state index in [0.717, 1.165) is 18.2 Å². The second kappa shape index (κ2) is 8.22. The van der Waals surface area contributed by atoms with Gasteiger partial charge >= 0.3 is 12.2 Å².